The first-order valence-electron chi connectivity index (χ1n) is 9.72. The van der Waals surface area contributed by atoms with E-state index < -0.39 is 0 Å². The summed E-state index contributed by atoms with van der Waals surface area (Å²) in [5.74, 6) is 1.03. The van der Waals surface area contributed by atoms with Crippen molar-refractivity contribution in [3.63, 3.8) is 0 Å². The van der Waals surface area contributed by atoms with Crippen LogP contribution in [-0.2, 0) is 16.1 Å². The van der Waals surface area contributed by atoms with Gasteiger partial charge in [0, 0.05) is 38.5 Å². The van der Waals surface area contributed by atoms with Crippen molar-refractivity contribution in [2.45, 2.75) is 25.6 Å². The molecule has 2 aromatic rings. The number of rotatable bonds is 5. The van der Waals surface area contributed by atoms with Crippen LogP contribution in [0.3, 0.4) is 0 Å². The second-order valence-corrected chi connectivity index (χ2v) is 7.08. The van der Waals surface area contributed by atoms with Gasteiger partial charge in [-0.1, -0.05) is 30.3 Å². The summed E-state index contributed by atoms with van der Waals surface area (Å²) in [6, 6.07) is 18.4. The summed E-state index contributed by atoms with van der Waals surface area (Å²) in [5, 5.41) is 0. The molecular formula is C22H26N2O3. The van der Waals surface area contributed by atoms with Gasteiger partial charge in [0.05, 0.1) is 0 Å². The second kappa shape index (κ2) is 8.44. The first kappa shape index (κ1) is 17.9. The molecule has 1 unspecified atom stereocenters. The molecule has 2 aliphatic heterocycles. The molecule has 27 heavy (non-hydrogen) atoms. The van der Waals surface area contributed by atoms with Gasteiger partial charge in [-0.05, 0) is 42.7 Å². The Morgan fingerprint density at radius 3 is 2.41 bits per heavy atom. The summed E-state index contributed by atoms with van der Waals surface area (Å²) in [7, 11) is 0. The Balaban J connectivity index is 1.27. The molecule has 2 heterocycles. The van der Waals surface area contributed by atoms with E-state index in [1.165, 1.54) is 5.69 Å². The number of hydrogen-bond donors (Lipinski definition) is 0. The number of benzene rings is 2. The Morgan fingerprint density at radius 2 is 1.74 bits per heavy atom. The molecule has 2 fully saturated rings. The largest absolute Gasteiger partial charge is 0.489 e. The maximum Gasteiger partial charge on any atom is 0.251 e. The van der Waals surface area contributed by atoms with Gasteiger partial charge in [0.1, 0.15) is 18.5 Å². The van der Waals surface area contributed by atoms with Gasteiger partial charge < -0.3 is 19.3 Å². The number of carbonyl (C=O) groups is 1. The van der Waals surface area contributed by atoms with Crippen LogP contribution in [0.25, 0.3) is 0 Å². The van der Waals surface area contributed by atoms with Gasteiger partial charge in [-0.2, -0.15) is 0 Å². The average molecular weight is 366 g/mol. The van der Waals surface area contributed by atoms with E-state index in [1.807, 2.05) is 35.2 Å². The molecule has 2 saturated heterocycles. The van der Waals surface area contributed by atoms with Crippen molar-refractivity contribution < 1.29 is 14.3 Å². The van der Waals surface area contributed by atoms with Gasteiger partial charge in [0.15, 0.2) is 0 Å². The molecule has 2 aromatic carbocycles. The molecule has 4 rings (SSSR count). The van der Waals surface area contributed by atoms with E-state index in [9.17, 15) is 4.79 Å². The maximum atomic E-state index is 12.4. The number of amides is 1. The Morgan fingerprint density at radius 1 is 1.00 bits per heavy atom. The molecule has 0 N–H and O–H groups in total. The molecule has 142 valence electrons. The van der Waals surface area contributed by atoms with Crippen molar-refractivity contribution in [2.24, 2.45) is 0 Å². The zero-order valence-corrected chi connectivity index (χ0v) is 15.5. The summed E-state index contributed by atoms with van der Waals surface area (Å²) in [4.78, 5) is 16.7. The van der Waals surface area contributed by atoms with Crippen molar-refractivity contribution in [3.8, 4) is 5.75 Å². The number of piperazine rings is 1. The van der Waals surface area contributed by atoms with Crippen LogP contribution in [0.1, 0.15) is 18.4 Å². The number of hydrogen-bond acceptors (Lipinski definition) is 4. The topological polar surface area (TPSA) is 42.0 Å². The Kier molecular flexibility index (Phi) is 5.58. The van der Waals surface area contributed by atoms with Crippen molar-refractivity contribution in [2.75, 3.05) is 37.7 Å². The van der Waals surface area contributed by atoms with Crippen molar-refractivity contribution in [1.29, 1.82) is 0 Å². The third kappa shape index (κ3) is 4.42. The predicted molar refractivity (Wildman–Crippen MR) is 105 cm³/mol. The van der Waals surface area contributed by atoms with Crippen LogP contribution in [0, 0.1) is 0 Å². The van der Waals surface area contributed by atoms with Crippen LogP contribution < -0.4 is 9.64 Å². The summed E-state index contributed by atoms with van der Waals surface area (Å²) < 4.78 is 11.4. The number of anilines is 1. The van der Waals surface area contributed by atoms with E-state index in [-0.39, 0.29) is 12.0 Å². The van der Waals surface area contributed by atoms with Gasteiger partial charge in [0.2, 0.25) is 0 Å². The van der Waals surface area contributed by atoms with Gasteiger partial charge in [-0.25, -0.2) is 0 Å². The minimum absolute atomic E-state index is 0.164. The molecule has 1 atom stereocenters. The molecule has 2 aliphatic rings. The van der Waals surface area contributed by atoms with E-state index in [2.05, 4.69) is 29.2 Å². The van der Waals surface area contributed by atoms with Crippen LogP contribution >= 0.6 is 0 Å². The highest BCUT2D eigenvalue weighted by Crippen LogP contribution is 2.22. The first-order valence-corrected chi connectivity index (χ1v) is 9.72. The summed E-state index contributed by atoms with van der Waals surface area (Å²) in [6.45, 7) is 4.50. The molecule has 5 heteroatoms. The minimum atomic E-state index is -0.211. The Hall–Kier alpha value is -2.53. The molecule has 1 amide bonds. The predicted octanol–water partition coefficient (Wildman–Crippen LogP) is 3.09. The van der Waals surface area contributed by atoms with Crippen LogP contribution in [0.2, 0.25) is 0 Å². The normalized spacial score (nSPS) is 19.9. The van der Waals surface area contributed by atoms with E-state index >= 15 is 0 Å². The number of ether oxygens (including phenoxy) is 2. The molecular weight excluding hydrogens is 340 g/mol. The lowest BCUT2D eigenvalue weighted by Gasteiger charge is -2.37. The quantitative estimate of drug-likeness (QED) is 0.816. The van der Waals surface area contributed by atoms with Crippen LogP contribution in [0.5, 0.6) is 5.75 Å². The zero-order valence-electron chi connectivity index (χ0n) is 15.5. The lowest BCUT2D eigenvalue weighted by atomic mass is 10.2. The lowest BCUT2D eigenvalue weighted by molar-refractivity contribution is -0.141. The molecule has 0 aromatic heterocycles. The van der Waals surface area contributed by atoms with E-state index in [1.54, 1.807) is 0 Å². The van der Waals surface area contributed by atoms with Crippen molar-refractivity contribution in [1.82, 2.24) is 4.90 Å². The molecule has 5 nitrogen and oxygen atoms in total. The van der Waals surface area contributed by atoms with E-state index in [4.69, 9.17) is 9.47 Å². The molecule has 0 radical (unpaired) electrons. The van der Waals surface area contributed by atoms with E-state index in [0.29, 0.717) is 6.61 Å². The SMILES string of the molecule is O=C(C1CCCO1)N1CCN(c2ccc(OCc3ccccc3)cc2)CC1. The van der Waals surface area contributed by atoms with Crippen molar-refractivity contribution >= 4 is 11.6 Å². The number of nitrogens with zero attached hydrogens (tertiary/aromatic N) is 2. The fourth-order valence-electron chi connectivity index (χ4n) is 3.66. The minimum Gasteiger partial charge on any atom is -0.489 e. The second-order valence-electron chi connectivity index (χ2n) is 7.08. The molecule has 0 bridgehead atoms. The Bertz CT molecular complexity index is 734. The Labute approximate surface area is 160 Å². The smallest absolute Gasteiger partial charge is 0.251 e. The van der Waals surface area contributed by atoms with Crippen LogP contribution in [0.15, 0.2) is 54.6 Å². The van der Waals surface area contributed by atoms with Gasteiger partial charge in [-0.15, -0.1) is 0 Å². The van der Waals surface area contributed by atoms with Crippen LogP contribution in [-0.4, -0.2) is 49.7 Å². The van der Waals surface area contributed by atoms with E-state index in [0.717, 1.165) is 56.9 Å². The van der Waals surface area contributed by atoms with Gasteiger partial charge in [0.25, 0.3) is 5.91 Å². The average Bonchev–Trinajstić information content (AvgIpc) is 3.28. The van der Waals surface area contributed by atoms with Gasteiger partial charge >= 0.3 is 0 Å². The summed E-state index contributed by atoms with van der Waals surface area (Å²) >= 11 is 0. The molecule has 0 aliphatic carbocycles. The first-order chi connectivity index (χ1) is 13.3. The fourth-order valence-corrected chi connectivity index (χ4v) is 3.66. The monoisotopic (exact) mass is 366 g/mol. The lowest BCUT2D eigenvalue weighted by Crippen LogP contribution is -2.51. The summed E-state index contributed by atoms with van der Waals surface area (Å²) in [6.07, 6.45) is 1.65. The number of carbonyl (C=O) groups excluding carboxylic acids is 1. The third-order valence-corrected chi connectivity index (χ3v) is 5.25. The fraction of sp³-hybridized carbons (Fsp3) is 0.409. The molecule has 0 saturated carbocycles. The van der Waals surface area contributed by atoms with Crippen molar-refractivity contribution in [3.05, 3.63) is 60.2 Å². The standard InChI is InChI=1S/C22H26N2O3/c25-22(21-7-4-16-26-21)24-14-12-23(13-15-24)19-8-10-20(11-9-19)27-17-18-5-2-1-3-6-18/h1-3,5-6,8-11,21H,4,7,12-17H2. The summed E-state index contributed by atoms with van der Waals surface area (Å²) in [5.41, 5.74) is 2.33. The zero-order chi connectivity index (χ0) is 18.5. The molecule has 0 spiro atoms. The van der Waals surface area contributed by atoms with Gasteiger partial charge in [-0.3, -0.25) is 4.79 Å². The highest BCUT2D eigenvalue weighted by Gasteiger charge is 2.30. The highest BCUT2D eigenvalue weighted by molar-refractivity contribution is 5.81. The van der Waals surface area contributed by atoms with Crippen LogP contribution in [0.4, 0.5) is 5.69 Å². The highest BCUT2D eigenvalue weighted by atomic mass is 16.5. The third-order valence-electron chi connectivity index (χ3n) is 5.25. The maximum absolute atomic E-state index is 12.4.